The van der Waals surface area contributed by atoms with Gasteiger partial charge in [0.25, 0.3) is 0 Å². The lowest BCUT2D eigenvalue weighted by Crippen LogP contribution is -2.36. The molecule has 1 fully saturated rings. The highest BCUT2D eigenvalue weighted by Crippen LogP contribution is 2.36. The smallest absolute Gasteiger partial charge is 0.410 e. The van der Waals surface area contributed by atoms with Gasteiger partial charge in [0.1, 0.15) is 25.1 Å². The van der Waals surface area contributed by atoms with Crippen LogP contribution >= 0.6 is 0 Å². The first kappa shape index (κ1) is 26.2. The van der Waals surface area contributed by atoms with Gasteiger partial charge in [-0.2, -0.15) is 0 Å². The molecule has 0 unspecified atom stereocenters. The molecule has 0 aromatic heterocycles. The molecule has 9 nitrogen and oxygen atoms in total. The van der Waals surface area contributed by atoms with Crippen LogP contribution in [-0.2, 0) is 32.0 Å². The molecule has 204 valence electrons. The molecule has 0 radical (unpaired) electrons. The maximum Gasteiger partial charge on any atom is 0.410 e. The third kappa shape index (κ3) is 5.83. The summed E-state index contributed by atoms with van der Waals surface area (Å²) in [5.41, 5.74) is 2.29. The molecular formula is C29H35NO8. The first-order valence-electron chi connectivity index (χ1n) is 13.0. The standard InChI is InChI=1S/C29H35NO8/c1-28(2,3)26(31)34-17-21-16-33-23-8-6-18(12-24(23)36-21)10-11-30-14-25(37-27(30)32)19-7-9-22-20(13-19)15-35-29(4,5)38-22/h6-9,12-13,21,25H,10-11,14-17H2,1-5H3/t21-,25+/m1/s1. The van der Waals surface area contributed by atoms with E-state index in [-0.39, 0.29) is 30.9 Å². The van der Waals surface area contributed by atoms with Crippen molar-refractivity contribution in [2.45, 2.75) is 65.6 Å². The average molecular weight is 526 g/mol. The molecule has 0 aliphatic carbocycles. The molecule has 2 aromatic carbocycles. The molecular weight excluding hydrogens is 490 g/mol. The zero-order chi connectivity index (χ0) is 27.1. The van der Waals surface area contributed by atoms with Gasteiger partial charge in [0.05, 0.1) is 18.6 Å². The van der Waals surface area contributed by atoms with Gasteiger partial charge in [-0.05, 0) is 62.6 Å². The summed E-state index contributed by atoms with van der Waals surface area (Å²) in [5, 5.41) is 0. The summed E-state index contributed by atoms with van der Waals surface area (Å²) < 4.78 is 34.5. The zero-order valence-corrected chi connectivity index (χ0v) is 22.6. The average Bonchev–Trinajstić information content (AvgIpc) is 3.24. The Morgan fingerprint density at radius 2 is 1.87 bits per heavy atom. The van der Waals surface area contributed by atoms with Crippen LogP contribution in [0.15, 0.2) is 36.4 Å². The minimum absolute atomic E-state index is 0.124. The topological polar surface area (TPSA) is 92.8 Å². The van der Waals surface area contributed by atoms with Crippen molar-refractivity contribution in [3.8, 4) is 17.2 Å². The van der Waals surface area contributed by atoms with Gasteiger partial charge in [-0.15, -0.1) is 0 Å². The van der Waals surface area contributed by atoms with Crippen LogP contribution in [-0.4, -0.2) is 55.2 Å². The van der Waals surface area contributed by atoms with Crippen LogP contribution in [0.1, 0.15) is 57.4 Å². The number of esters is 1. The predicted molar refractivity (Wildman–Crippen MR) is 137 cm³/mol. The number of amides is 1. The van der Waals surface area contributed by atoms with Crippen molar-refractivity contribution in [3.05, 3.63) is 53.1 Å². The molecule has 3 aliphatic heterocycles. The Hall–Kier alpha value is -3.46. The SMILES string of the molecule is CC1(C)OCc2cc([C@@H]3CN(CCc4ccc5c(c4)O[C@@H](COC(=O)C(C)(C)C)CO5)C(=O)O3)ccc2O1. The number of carbonyl (C=O) groups excluding carboxylic acids is 2. The van der Waals surface area contributed by atoms with E-state index in [0.29, 0.717) is 44.2 Å². The van der Waals surface area contributed by atoms with Gasteiger partial charge in [-0.25, -0.2) is 4.79 Å². The molecule has 2 aromatic rings. The maximum absolute atomic E-state index is 12.6. The molecule has 3 heterocycles. The van der Waals surface area contributed by atoms with E-state index >= 15 is 0 Å². The fraction of sp³-hybridized carbons (Fsp3) is 0.517. The largest absolute Gasteiger partial charge is 0.486 e. The third-order valence-corrected chi connectivity index (χ3v) is 6.68. The second-order valence-electron chi connectivity index (χ2n) is 11.4. The van der Waals surface area contributed by atoms with Crippen molar-refractivity contribution < 1.29 is 38.0 Å². The number of cyclic esters (lactones) is 1. The minimum Gasteiger partial charge on any atom is -0.486 e. The monoisotopic (exact) mass is 525 g/mol. The molecule has 2 atom stereocenters. The van der Waals surface area contributed by atoms with Gasteiger partial charge in [0, 0.05) is 26.0 Å². The van der Waals surface area contributed by atoms with Gasteiger partial charge in [-0.1, -0.05) is 12.1 Å². The summed E-state index contributed by atoms with van der Waals surface area (Å²) in [6.45, 7) is 11.0. The lowest BCUT2D eigenvalue weighted by Gasteiger charge is -2.32. The summed E-state index contributed by atoms with van der Waals surface area (Å²) in [4.78, 5) is 26.4. The van der Waals surface area contributed by atoms with Crippen LogP contribution in [0.3, 0.4) is 0 Å². The van der Waals surface area contributed by atoms with Crippen molar-refractivity contribution in [3.63, 3.8) is 0 Å². The Balaban J connectivity index is 1.16. The van der Waals surface area contributed by atoms with Crippen LogP contribution in [0.2, 0.25) is 0 Å². The molecule has 0 N–H and O–H groups in total. The number of hydrogen-bond donors (Lipinski definition) is 0. The van der Waals surface area contributed by atoms with Crippen molar-refractivity contribution >= 4 is 12.1 Å². The highest BCUT2D eigenvalue weighted by atomic mass is 16.7. The van der Waals surface area contributed by atoms with E-state index in [4.69, 9.17) is 28.4 Å². The van der Waals surface area contributed by atoms with E-state index in [0.717, 1.165) is 22.4 Å². The fourth-order valence-electron chi connectivity index (χ4n) is 4.47. The second kappa shape index (κ2) is 10.0. The van der Waals surface area contributed by atoms with Gasteiger partial charge in [0.15, 0.2) is 17.6 Å². The molecule has 9 heteroatoms. The Kier molecular flexibility index (Phi) is 6.90. The molecule has 5 rings (SSSR count). The predicted octanol–water partition coefficient (Wildman–Crippen LogP) is 4.80. The van der Waals surface area contributed by atoms with Gasteiger partial charge < -0.3 is 33.3 Å². The van der Waals surface area contributed by atoms with Gasteiger partial charge in [0.2, 0.25) is 5.79 Å². The van der Waals surface area contributed by atoms with Crippen LogP contribution in [0, 0.1) is 5.41 Å². The molecule has 38 heavy (non-hydrogen) atoms. The zero-order valence-electron chi connectivity index (χ0n) is 22.6. The number of carbonyl (C=O) groups is 2. The van der Waals surface area contributed by atoms with E-state index in [1.807, 2.05) is 71.0 Å². The molecule has 1 amide bonds. The molecule has 0 bridgehead atoms. The number of ether oxygens (including phenoxy) is 6. The van der Waals surface area contributed by atoms with E-state index in [2.05, 4.69) is 0 Å². The van der Waals surface area contributed by atoms with E-state index in [9.17, 15) is 9.59 Å². The summed E-state index contributed by atoms with van der Waals surface area (Å²) in [6.07, 6.45) is -0.431. The summed E-state index contributed by atoms with van der Waals surface area (Å²) in [6, 6.07) is 11.6. The third-order valence-electron chi connectivity index (χ3n) is 6.68. The van der Waals surface area contributed by atoms with Crippen LogP contribution in [0.25, 0.3) is 0 Å². The number of rotatable bonds is 6. The molecule has 0 saturated carbocycles. The minimum atomic E-state index is -0.654. The van der Waals surface area contributed by atoms with Gasteiger partial charge in [-0.3, -0.25) is 4.79 Å². The van der Waals surface area contributed by atoms with E-state index < -0.39 is 11.2 Å². The highest BCUT2D eigenvalue weighted by Gasteiger charge is 2.34. The number of nitrogens with zero attached hydrogens (tertiary/aromatic N) is 1. The first-order valence-corrected chi connectivity index (χ1v) is 13.0. The Bertz CT molecular complexity index is 1220. The van der Waals surface area contributed by atoms with Gasteiger partial charge >= 0.3 is 12.1 Å². The van der Waals surface area contributed by atoms with Crippen molar-refractivity contribution in [1.29, 1.82) is 0 Å². The van der Waals surface area contributed by atoms with Crippen molar-refractivity contribution in [2.24, 2.45) is 5.41 Å². The van der Waals surface area contributed by atoms with Crippen molar-refractivity contribution in [1.82, 2.24) is 4.90 Å². The molecule has 0 spiro atoms. The highest BCUT2D eigenvalue weighted by molar-refractivity contribution is 5.75. The van der Waals surface area contributed by atoms with Crippen LogP contribution < -0.4 is 14.2 Å². The maximum atomic E-state index is 12.6. The lowest BCUT2D eigenvalue weighted by molar-refractivity contribution is -0.180. The quantitative estimate of drug-likeness (QED) is 0.497. The summed E-state index contributed by atoms with van der Waals surface area (Å²) in [5.74, 6) is 1.11. The van der Waals surface area contributed by atoms with Crippen molar-refractivity contribution in [2.75, 3.05) is 26.3 Å². The fourth-order valence-corrected chi connectivity index (χ4v) is 4.47. The van der Waals surface area contributed by atoms with E-state index in [1.165, 1.54) is 0 Å². The molecule has 3 aliphatic rings. The lowest BCUT2D eigenvalue weighted by atomic mass is 9.97. The Labute approximate surface area is 222 Å². The van der Waals surface area contributed by atoms with E-state index in [1.54, 1.807) is 4.90 Å². The normalized spacial score (nSPS) is 21.8. The number of hydrogen-bond acceptors (Lipinski definition) is 8. The Morgan fingerprint density at radius 3 is 2.66 bits per heavy atom. The summed E-state index contributed by atoms with van der Waals surface area (Å²) >= 11 is 0. The number of fused-ring (bicyclic) bond motifs is 2. The van der Waals surface area contributed by atoms with Crippen LogP contribution in [0.5, 0.6) is 17.2 Å². The summed E-state index contributed by atoms with van der Waals surface area (Å²) in [7, 11) is 0. The first-order chi connectivity index (χ1) is 18.0. The second-order valence-corrected chi connectivity index (χ2v) is 11.4. The molecule has 1 saturated heterocycles. The Morgan fingerprint density at radius 1 is 1.08 bits per heavy atom. The number of benzene rings is 2. The van der Waals surface area contributed by atoms with Crippen LogP contribution in [0.4, 0.5) is 4.79 Å².